The second kappa shape index (κ2) is 7.02. The third-order valence-electron chi connectivity index (χ3n) is 3.21. The lowest BCUT2D eigenvalue weighted by atomic mass is 10.0. The molecule has 4 nitrogen and oxygen atoms in total. The first-order valence-corrected chi connectivity index (χ1v) is 7.66. The van der Waals surface area contributed by atoms with Crippen LogP contribution in [0.25, 0.3) is 6.08 Å². The van der Waals surface area contributed by atoms with E-state index in [1.165, 1.54) is 0 Å². The maximum atomic E-state index is 10.5. The number of hydrogen-bond acceptors (Lipinski definition) is 4. The van der Waals surface area contributed by atoms with Gasteiger partial charge in [0.15, 0.2) is 0 Å². The molecule has 0 aromatic carbocycles. The largest absolute Gasteiger partial charge is 0.478 e. The second-order valence-corrected chi connectivity index (χ2v) is 6.18. The van der Waals surface area contributed by atoms with Crippen molar-refractivity contribution in [1.82, 2.24) is 0 Å². The van der Waals surface area contributed by atoms with Crippen LogP contribution in [0, 0.1) is 0 Å². The molecule has 5 heteroatoms. The minimum atomic E-state index is -0.931. The van der Waals surface area contributed by atoms with Crippen molar-refractivity contribution in [3.63, 3.8) is 0 Å². The molecule has 1 aromatic heterocycles. The smallest absolute Gasteiger partial charge is 0.328 e. The zero-order chi connectivity index (χ0) is 14.5. The van der Waals surface area contributed by atoms with Crippen LogP contribution in [0.2, 0.25) is 0 Å². The standard InChI is InChI=1S/C15H20O4S/c1-10-5-13(6-11(2)19-10)18-8-14-7-12(9-20-14)3-4-15(16)17/h3-4,7,9-11,13H,5-6,8H2,1-2H3,(H,16,17)/b4-3+. The highest BCUT2D eigenvalue weighted by molar-refractivity contribution is 7.10. The van der Waals surface area contributed by atoms with Crippen LogP contribution < -0.4 is 0 Å². The molecule has 0 amide bonds. The summed E-state index contributed by atoms with van der Waals surface area (Å²) in [5.41, 5.74) is 0.907. The number of aliphatic carboxylic acids is 1. The van der Waals surface area contributed by atoms with Crippen molar-refractivity contribution < 1.29 is 19.4 Å². The van der Waals surface area contributed by atoms with Crippen LogP contribution in [0.1, 0.15) is 37.1 Å². The van der Waals surface area contributed by atoms with E-state index in [2.05, 4.69) is 13.8 Å². The molecule has 2 heterocycles. The highest BCUT2D eigenvalue weighted by atomic mass is 32.1. The van der Waals surface area contributed by atoms with E-state index in [0.717, 1.165) is 29.4 Å². The molecular formula is C15H20O4S. The van der Waals surface area contributed by atoms with Crippen molar-refractivity contribution >= 4 is 23.4 Å². The summed E-state index contributed by atoms with van der Waals surface area (Å²) in [5, 5.41) is 10.5. The summed E-state index contributed by atoms with van der Waals surface area (Å²) in [7, 11) is 0. The lowest BCUT2D eigenvalue weighted by Gasteiger charge is -2.31. The van der Waals surface area contributed by atoms with Gasteiger partial charge in [-0.1, -0.05) is 0 Å². The molecule has 0 radical (unpaired) electrons. The molecule has 110 valence electrons. The zero-order valence-electron chi connectivity index (χ0n) is 11.7. The molecular weight excluding hydrogens is 276 g/mol. The number of ether oxygens (including phenoxy) is 2. The molecule has 1 aliphatic heterocycles. The molecule has 2 unspecified atom stereocenters. The average Bonchev–Trinajstić information content (AvgIpc) is 2.81. The Kier molecular flexibility index (Phi) is 5.34. The van der Waals surface area contributed by atoms with Gasteiger partial charge < -0.3 is 14.6 Å². The van der Waals surface area contributed by atoms with Gasteiger partial charge in [-0.2, -0.15) is 0 Å². The predicted octanol–water partition coefficient (Wildman–Crippen LogP) is 3.32. The van der Waals surface area contributed by atoms with Crippen molar-refractivity contribution in [2.75, 3.05) is 0 Å². The van der Waals surface area contributed by atoms with Crippen LogP contribution in [-0.2, 0) is 20.9 Å². The van der Waals surface area contributed by atoms with Gasteiger partial charge >= 0.3 is 5.97 Å². The fourth-order valence-electron chi connectivity index (χ4n) is 2.41. The fraction of sp³-hybridized carbons (Fsp3) is 0.533. The van der Waals surface area contributed by atoms with Gasteiger partial charge in [0, 0.05) is 11.0 Å². The molecule has 0 aliphatic carbocycles. The van der Waals surface area contributed by atoms with E-state index in [1.54, 1.807) is 17.4 Å². The fourth-order valence-corrected chi connectivity index (χ4v) is 3.18. The molecule has 2 rings (SSSR count). The molecule has 0 spiro atoms. The maximum absolute atomic E-state index is 10.5. The normalized spacial score (nSPS) is 27.0. The van der Waals surface area contributed by atoms with Crippen molar-refractivity contribution in [1.29, 1.82) is 0 Å². The summed E-state index contributed by atoms with van der Waals surface area (Å²) in [6.45, 7) is 4.73. The zero-order valence-corrected chi connectivity index (χ0v) is 12.6. The van der Waals surface area contributed by atoms with Crippen LogP contribution >= 0.6 is 11.3 Å². The van der Waals surface area contributed by atoms with Gasteiger partial charge in [-0.15, -0.1) is 11.3 Å². The monoisotopic (exact) mass is 296 g/mol. The Hall–Kier alpha value is -1.17. The highest BCUT2D eigenvalue weighted by Gasteiger charge is 2.24. The minimum absolute atomic E-state index is 0.244. The maximum Gasteiger partial charge on any atom is 0.328 e. The van der Waals surface area contributed by atoms with E-state index in [0.29, 0.717) is 6.61 Å². The lowest BCUT2D eigenvalue weighted by Crippen LogP contribution is -2.33. The topological polar surface area (TPSA) is 55.8 Å². The first-order chi connectivity index (χ1) is 9.52. The van der Waals surface area contributed by atoms with Gasteiger partial charge in [-0.3, -0.25) is 0 Å². The lowest BCUT2D eigenvalue weighted by molar-refractivity contribution is -0.131. The summed E-state index contributed by atoms with van der Waals surface area (Å²) in [4.78, 5) is 11.6. The Bertz CT molecular complexity index is 470. The van der Waals surface area contributed by atoms with E-state index in [-0.39, 0.29) is 18.3 Å². The molecule has 2 atom stereocenters. The van der Waals surface area contributed by atoms with E-state index >= 15 is 0 Å². The molecule has 20 heavy (non-hydrogen) atoms. The number of rotatable bonds is 5. The van der Waals surface area contributed by atoms with Gasteiger partial charge in [0.2, 0.25) is 0 Å². The van der Waals surface area contributed by atoms with Crippen LogP contribution in [0.3, 0.4) is 0 Å². The number of thiophene rings is 1. The molecule has 0 bridgehead atoms. The predicted molar refractivity (Wildman–Crippen MR) is 78.8 cm³/mol. The van der Waals surface area contributed by atoms with E-state index in [4.69, 9.17) is 14.6 Å². The van der Waals surface area contributed by atoms with Gasteiger partial charge in [0.25, 0.3) is 0 Å². The Morgan fingerprint density at radius 3 is 2.85 bits per heavy atom. The number of hydrogen-bond donors (Lipinski definition) is 1. The average molecular weight is 296 g/mol. The van der Waals surface area contributed by atoms with Crippen LogP contribution in [0.4, 0.5) is 0 Å². The minimum Gasteiger partial charge on any atom is -0.478 e. The molecule has 0 saturated carbocycles. The second-order valence-electron chi connectivity index (χ2n) is 5.18. The summed E-state index contributed by atoms with van der Waals surface area (Å²) in [6, 6.07) is 1.97. The molecule has 1 aliphatic rings. The molecule has 1 aromatic rings. The van der Waals surface area contributed by atoms with Crippen molar-refractivity contribution in [3.8, 4) is 0 Å². The summed E-state index contributed by atoms with van der Waals surface area (Å²) in [5.74, 6) is -0.931. The Morgan fingerprint density at radius 2 is 2.20 bits per heavy atom. The van der Waals surface area contributed by atoms with E-state index < -0.39 is 5.97 Å². The number of carboxylic acid groups (broad SMARTS) is 1. The number of carbonyl (C=O) groups is 1. The first kappa shape index (κ1) is 15.2. The summed E-state index contributed by atoms with van der Waals surface area (Å²) in [6.07, 6.45) is 5.36. The molecule has 1 fully saturated rings. The van der Waals surface area contributed by atoms with Crippen molar-refractivity contribution in [2.24, 2.45) is 0 Å². The van der Waals surface area contributed by atoms with Crippen molar-refractivity contribution in [3.05, 3.63) is 28.0 Å². The number of carboxylic acids is 1. The third kappa shape index (κ3) is 4.74. The van der Waals surface area contributed by atoms with E-state index in [9.17, 15) is 4.79 Å². The SMILES string of the molecule is CC1CC(OCc2cc(/C=C/C(=O)O)cs2)CC(C)O1. The van der Waals surface area contributed by atoms with E-state index in [1.807, 2.05) is 11.4 Å². The van der Waals surface area contributed by atoms with Crippen LogP contribution in [-0.4, -0.2) is 29.4 Å². The van der Waals surface area contributed by atoms with Gasteiger partial charge in [-0.05, 0) is 49.8 Å². The Morgan fingerprint density at radius 1 is 1.50 bits per heavy atom. The van der Waals surface area contributed by atoms with Crippen molar-refractivity contribution in [2.45, 2.75) is 51.6 Å². The Balaban J connectivity index is 1.83. The quantitative estimate of drug-likeness (QED) is 0.847. The highest BCUT2D eigenvalue weighted by Crippen LogP contribution is 2.24. The molecule has 1 saturated heterocycles. The van der Waals surface area contributed by atoms with Gasteiger partial charge in [0.05, 0.1) is 24.9 Å². The first-order valence-electron chi connectivity index (χ1n) is 6.78. The van der Waals surface area contributed by atoms with Gasteiger partial charge in [0.1, 0.15) is 0 Å². The summed E-state index contributed by atoms with van der Waals surface area (Å²) >= 11 is 1.59. The van der Waals surface area contributed by atoms with Crippen LogP contribution in [0.5, 0.6) is 0 Å². The van der Waals surface area contributed by atoms with Crippen LogP contribution in [0.15, 0.2) is 17.5 Å². The van der Waals surface area contributed by atoms with Gasteiger partial charge in [-0.25, -0.2) is 4.79 Å². The molecule has 1 N–H and O–H groups in total. The Labute approximate surface area is 123 Å². The summed E-state index contributed by atoms with van der Waals surface area (Å²) < 4.78 is 11.6. The third-order valence-corrected chi connectivity index (χ3v) is 4.14.